The number of carbonyl (C=O) groups is 1. The summed E-state index contributed by atoms with van der Waals surface area (Å²) in [7, 11) is 0. The summed E-state index contributed by atoms with van der Waals surface area (Å²) < 4.78 is 10.2. The number of ether oxygens (including phenoxy) is 2. The van der Waals surface area contributed by atoms with Crippen molar-refractivity contribution in [3.8, 4) is 0 Å². The topological polar surface area (TPSA) is 82.8 Å². The average molecular weight is 236 g/mol. The van der Waals surface area contributed by atoms with E-state index in [4.69, 9.17) is 15.4 Å². The first-order chi connectivity index (χ1) is 7.77. The summed E-state index contributed by atoms with van der Waals surface area (Å²) in [6.07, 6.45) is 0. The van der Waals surface area contributed by atoms with Crippen molar-refractivity contribution in [2.24, 2.45) is 5.90 Å². The molecule has 0 heterocycles. The van der Waals surface area contributed by atoms with Crippen LogP contribution in [-0.2, 0) is 19.1 Å². The van der Waals surface area contributed by atoms with Crippen LogP contribution in [0.3, 0.4) is 0 Å². The minimum atomic E-state index is -0.0510. The normalized spacial score (nSPS) is 9.25. The predicted molar refractivity (Wildman–Crippen MR) is 61.8 cm³/mol. The number of hydrogen-bond donors (Lipinski definition) is 2. The molecule has 0 aromatic heterocycles. The Kier molecular flexibility index (Phi) is 18.5. The zero-order valence-electron chi connectivity index (χ0n) is 10.5. The summed E-state index contributed by atoms with van der Waals surface area (Å²) in [5.74, 6) is 4.73. The molecule has 0 atom stereocenters. The van der Waals surface area contributed by atoms with E-state index in [1.54, 1.807) is 0 Å². The molecule has 0 aliphatic heterocycles. The Morgan fingerprint density at radius 2 is 1.56 bits per heavy atom. The molecule has 98 valence electrons. The Labute approximate surface area is 97.4 Å². The van der Waals surface area contributed by atoms with Gasteiger partial charge in [-0.05, 0) is 0 Å². The van der Waals surface area contributed by atoms with Crippen LogP contribution in [0, 0.1) is 0 Å². The van der Waals surface area contributed by atoms with Gasteiger partial charge in [0.15, 0.2) is 0 Å². The van der Waals surface area contributed by atoms with E-state index >= 15 is 0 Å². The SMILES string of the molecule is CC.CC(=O)NCCOCCOCCON. The molecule has 1 amide bonds. The van der Waals surface area contributed by atoms with Crippen molar-refractivity contribution in [1.29, 1.82) is 0 Å². The van der Waals surface area contributed by atoms with Crippen LogP contribution >= 0.6 is 0 Å². The first-order valence-corrected chi connectivity index (χ1v) is 5.49. The molecule has 0 aromatic rings. The van der Waals surface area contributed by atoms with Gasteiger partial charge in [0, 0.05) is 13.5 Å². The first kappa shape index (κ1) is 17.7. The van der Waals surface area contributed by atoms with Crippen molar-refractivity contribution >= 4 is 5.91 Å². The average Bonchev–Trinajstić information content (AvgIpc) is 2.29. The molecule has 0 spiro atoms. The lowest BCUT2D eigenvalue weighted by Crippen LogP contribution is -2.25. The maximum absolute atomic E-state index is 10.4. The molecule has 0 saturated heterocycles. The van der Waals surface area contributed by atoms with Crippen molar-refractivity contribution < 1.29 is 19.1 Å². The highest BCUT2D eigenvalue weighted by atomic mass is 16.6. The number of nitrogens with two attached hydrogens (primary N) is 1. The molecule has 0 radical (unpaired) electrons. The molecule has 0 saturated carbocycles. The summed E-state index contributed by atoms with van der Waals surface area (Å²) >= 11 is 0. The Morgan fingerprint density at radius 1 is 1.06 bits per heavy atom. The second-order valence-corrected chi connectivity index (χ2v) is 2.58. The van der Waals surface area contributed by atoms with Gasteiger partial charge >= 0.3 is 0 Å². The van der Waals surface area contributed by atoms with Crippen LogP contribution in [-0.4, -0.2) is 45.5 Å². The number of amides is 1. The Bertz CT molecular complexity index is 145. The van der Waals surface area contributed by atoms with Crippen LogP contribution in [0.25, 0.3) is 0 Å². The van der Waals surface area contributed by atoms with Crippen molar-refractivity contribution in [2.45, 2.75) is 20.8 Å². The standard InChI is InChI=1S/C8H18N2O4.C2H6/c1-8(11)10-2-3-12-4-5-13-6-7-14-9;1-2/h2-7,9H2,1H3,(H,10,11);1-2H3. The molecular weight excluding hydrogens is 212 g/mol. The third-order valence-electron chi connectivity index (χ3n) is 1.34. The highest BCUT2D eigenvalue weighted by molar-refractivity contribution is 5.72. The number of carbonyl (C=O) groups excluding carboxylic acids is 1. The number of hydrogen-bond acceptors (Lipinski definition) is 5. The van der Waals surface area contributed by atoms with Crippen LogP contribution in [0.2, 0.25) is 0 Å². The van der Waals surface area contributed by atoms with E-state index < -0.39 is 0 Å². The second kappa shape index (κ2) is 16.7. The van der Waals surface area contributed by atoms with Crippen molar-refractivity contribution in [1.82, 2.24) is 5.32 Å². The van der Waals surface area contributed by atoms with Crippen LogP contribution in [0.1, 0.15) is 20.8 Å². The zero-order chi connectivity index (χ0) is 12.6. The van der Waals surface area contributed by atoms with Gasteiger partial charge in [0.1, 0.15) is 0 Å². The zero-order valence-corrected chi connectivity index (χ0v) is 10.5. The van der Waals surface area contributed by atoms with Gasteiger partial charge in [0.05, 0.1) is 33.0 Å². The Hall–Kier alpha value is -0.690. The van der Waals surface area contributed by atoms with E-state index in [-0.39, 0.29) is 5.91 Å². The van der Waals surface area contributed by atoms with E-state index in [0.717, 1.165) is 0 Å². The van der Waals surface area contributed by atoms with Crippen LogP contribution in [0.15, 0.2) is 0 Å². The largest absolute Gasteiger partial charge is 0.377 e. The van der Waals surface area contributed by atoms with Gasteiger partial charge in [-0.3, -0.25) is 4.79 Å². The lowest BCUT2D eigenvalue weighted by molar-refractivity contribution is -0.119. The van der Waals surface area contributed by atoms with E-state index in [1.807, 2.05) is 13.8 Å². The molecule has 0 fully saturated rings. The summed E-state index contributed by atoms with van der Waals surface area (Å²) in [5.41, 5.74) is 0. The Morgan fingerprint density at radius 3 is 2.06 bits per heavy atom. The molecule has 6 heteroatoms. The third-order valence-corrected chi connectivity index (χ3v) is 1.34. The molecule has 0 unspecified atom stereocenters. The molecule has 6 nitrogen and oxygen atoms in total. The molecule has 0 bridgehead atoms. The fraction of sp³-hybridized carbons (Fsp3) is 0.900. The maximum atomic E-state index is 10.4. The van der Waals surface area contributed by atoms with Gasteiger partial charge in [-0.1, -0.05) is 13.8 Å². The third kappa shape index (κ3) is 19.0. The van der Waals surface area contributed by atoms with Crippen LogP contribution in [0.5, 0.6) is 0 Å². The smallest absolute Gasteiger partial charge is 0.216 e. The highest BCUT2D eigenvalue weighted by Crippen LogP contribution is 1.78. The van der Waals surface area contributed by atoms with Gasteiger partial charge in [-0.25, -0.2) is 5.90 Å². The number of nitrogens with one attached hydrogen (secondary N) is 1. The van der Waals surface area contributed by atoms with Crippen molar-refractivity contribution in [3.05, 3.63) is 0 Å². The maximum Gasteiger partial charge on any atom is 0.216 e. The molecule has 0 aliphatic carbocycles. The molecule has 16 heavy (non-hydrogen) atoms. The summed E-state index contributed by atoms with van der Waals surface area (Å²) in [6, 6.07) is 0. The van der Waals surface area contributed by atoms with Gasteiger partial charge < -0.3 is 19.6 Å². The minimum absolute atomic E-state index is 0.0510. The highest BCUT2D eigenvalue weighted by Gasteiger charge is 1.91. The van der Waals surface area contributed by atoms with Gasteiger partial charge in [0.25, 0.3) is 0 Å². The fourth-order valence-electron chi connectivity index (χ4n) is 0.728. The molecule has 3 N–H and O–H groups in total. The van der Waals surface area contributed by atoms with Crippen molar-refractivity contribution in [3.63, 3.8) is 0 Å². The second-order valence-electron chi connectivity index (χ2n) is 2.58. The molecule has 0 rings (SSSR count). The van der Waals surface area contributed by atoms with Crippen LogP contribution in [0.4, 0.5) is 0 Å². The molecular formula is C10H24N2O4. The van der Waals surface area contributed by atoms with Crippen LogP contribution < -0.4 is 11.2 Å². The van der Waals surface area contributed by atoms with E-state index in [2.05, 4.69) is 10.2 Å². The van der Waals surface area contributed by atoms with Crippen molar-refractivity contribution in [2.75, 3.05) is 39.6 Å². The quantitative estimate of drug-likeness (QED) is 0.437. The van der Waals surface area contributed by atoms with E-state index in [0.29, 0.717) is 39.6 Å². The molecule has 0 aromatic carbocycles. The summed E-state index contributed by atoms with van der Waals surface area (Å²) in [4.78, 5) is 14.7. The number of rotatable bonds is 9. The van der Waals surface area contributed by atoms with Gasteiger partial charge in [-0.2, -0.15) is 0 Å². The molecule has 0 aliphatic rings. The lowest BCUT2D eigenvalue weighted by atomic mass is 10.6. The summed E-state index contributed by atoms with van der Waals surface area (Å²) in [5, 5.41) is 2.62. The van der Waals surface area contributed by atoms with E-state index in [1.165, 1.54) is 6.92 Å². The minimum Gasteiger partial charge on any atom is -0.377 e. The summed E-state index contributed by atoms with van der Waals surface area (Å²) in [6.45, 7) is 8.35. The predicted octanol–water partition coefficient (Wildman–Crippen LogP) is 0.0722. The monoisotopic (exact) mass is 236 g/mol. The fourth-order valence-corrected chi connectivity index (χ4v) is 0.728. The Balaban J connectivity index is 0. The first-order valence-electron chi connectivity index (χ1n) is 5.49. The van der Waals surface area contributed by atoms with Gasteiger partial charge in [-0.15, -0.1) is 0 Å². The lowest BCUT2D eigenvalue weighted by Gasteiger charge is -2.05. The van der Waals surface area contributed by atoms with E-state index in [9.17, 15) is 4.79 Å². The van der Waals surface area contributed by atoms with Gasteiger partial charge in [0.2, 0.25) is 5.91 Å².